The Hall–Kier alpha value is -0.500. The van der Waals surface area contributed by atoms with Crippen molar-refractivity contribution in [3.05, 3.63) is 22.9 Å². The van der Waals surface area contributed by atoms with E-state index in [-0.39, 0.29) is 10.9 Å². The summed E-state index contributed by atoms with van der Waals surface area (Å²) in [7, 11) is -3.54. The summed E-state index contributed by atoms with van der Waals surface area (Å²) >= 11 is 3.21. The van der Waals surface area contributed by atoms with Gasteiger partial charge in [-0.15, -0.1) is 0 Å². The summed E-state index contributed by atoms with van der Waals surface area (Å²) < 4.78 is 27.7. The molecule has 19 heavy (non-hydrogen) atoms. The molecule has 1 aromatic heterocycles. The van der Waals surface area contributed by atoms with Crippen LogP contribution in [0, 0.1) is 0 Å². The summed E-state index contributed by atoms with van der Waals surface area (Å²) in [5.74, 6) is 0. The highest BCUT2D eigenvalue weighted by Crippen LogP contribution is 2.28. The maximum Gasteiger partial charge on any atom is 0.242 e. The van der Waals surface area contributed by atoms with E-state index in [9.17, 15) is 13.5 Å². The summed E-state index contributed by atoms with van der Waals surface area (Å²) in [5.41, 5.74) is -0.667. The molecule has 2 rings (SSSR count). The Kier molecular flexibility index (Phi) is 4.29. The molecule has 1 fully saturated rings. The Morgan fingerprint density at radius 2 is 2.05 bits per heavy atom. The van der Waals surface area contributed by atoms with Gasteiger partial charge in [0, 0.05) is 22.9 Å². The normalized spacial score (nSPS) is 28.3. The lowest BCUT2D eigenvalue weighted by molar-refractivity contribution is 0.0163. The molecule has 106 valence electrons. The average molecular weight is 349 g/mol. The molecule has 1 aliphatic carbocycles. The molecule has 2 N–H and O–H groups in total. The van der Waals surface area contributed by atoms with Crippen molar-refractivity contribution < 1.29 is 13.5 Å². The van der Waals surface area contributed by atoms with Crippen LogP contribution in [0.2, 0.25) is 0 Å². The molecule has 0 aliphatic heterocycles. The summed E-state index contributed by atoms with van der Waals surface area (Å²) in [5, 5.41) is 9.85. The van der Waals surface area contributed by atoms with Crippen molar-refractivity contribution in [1.29, 1.82) is 0 Å². The molecule has 7 heteroatoms. The number of aliphatic hydroxyl groups is 1. The lowest BCUT2D eigenvalue weighted by Crippen LogP contribution is -2.42. The fourth-order valence-corrected chi connectivity index (χ4v) is 3.99. The van der Waals surface area contributed by atoms with Gasteiger partial charge in [0.15, 0.2) is 0 Å². The molecular weight excluding hydrogens is 332 g/mol. The molecule has 1 aliphatic rings. The fraction of sp³-hybridized carbons (Fsp3) is 0.583. The van der Waals surface area contributed by atoms with Crippen LogP contribution in [-0.2, 0) is 10.0 Å². The van der Waals surface area contributed by atoms with Crippen molar-refractivity contribution in [3.63, 3.8) is 0 Å². The highest BCUT2D eigenvalue weighted by Gasteiger charge is 2.31. The maximum atomic E-state index is 12.2. The number of rotatable bonds is 3. The van der Waals surface area contributed by atoms with E-state index in [1.165, 1.54) is 18.5 Å². The molecule has 0 aromatic carbocycles. The van der Waals surface area contributed by atoms with E-state index in [0.29, 0.717) is 30.2 Å². The minimum atomic E-state index is -3.54. The van der Waals surface area contributed by atoms with E-state index < -0.39 is 15.6 Å². The highest BCUT2D eigenvalue weighted by atomic mass is 79.9. The lowest BCUT2D eigenvalue weighted by Gasteiger charge is -2.33. The van der Waals surface area contributed by atoms with Crippen molar-refractivity contribution in [2.24, 2.45) is 0 Å². The molecular formula is C12H17BrN2O3S. The van der Waals surface area contributed by atoms with Crippen LogP contribution in [0.15, 0.2) is 27.8 Å². The summed E-state index contributed by atoms with van der Waals surface area (Å²) in [4.78, 5) is 4.01. The number of nitrogens with zero attached hydrogens (tertiary/aromatic N) is 1. The van der Waals surface area contributed by atoms with Gasteiger partial charge in [-0.3, -0.25) is 4.98 Å². The Morgan fingerprint density at radius 3 is 2.63 bits per heavy atom. The summed E-state index contributed by atoms with van der Waals surface area (Å²) in [6.07, 6.45) is 5.37. The maximum absolute atomic E-state index is 12.2. The first-order valence-corrected chi connectivity index (χ1v) is 8.41. The monoisotopic (exact) mass is 348 g/mol. The van der Waals surface area contributed by atoms with Gasteiger partial charge < -0.3 is 5.11 Å². The highest BCUT2D eigenvalue weighted by molar-refractivity contribution is 9.10. The molecule has 0 atom stereocenters. The van der Waals surface area contributed by atoms with E-state index in [1.807, 2.05) is 0 Å². The molecule has 1 heterocycles. The molecule has 1 aromatic rings. The summed E-state index contributed by atoms with van der Waals surface area (Å²) in [6.45, 7) is 1.79. The second kappa shape index (κ2) is 5.47. The number of sulfonamides is 1. The topological polar surface area (TPSA) is 79.3 Å². The number of nitrogens with one attached hydrogen (secondary N) is 1. The zero-order valence-electron chi connectivity index (χ0n) is 10.6. The first-order chi connectivity index (χ1) is 8.78. The molecule has 0 radical (unpaired) electrons. The largest absolute Gasteiger partial charge is 0.390 e. The number of halogens is 1. The second-order valence-electron chi connectivity index (χ2n) is 5.23. The van der Waals surface area contributed by atoms with Crippen LogP contribution < -0.4 is 4.72 Å². The Bertz CT molecular complexity index is 550. The first kappa shape index (κ1) is 14.9. The minimum absolute atomic E-state index is 0.121. The third kappa shape index (κ3) is 3.98. The van der Waals surface area contributed by atoms with E-state index in [0.717, 1.165) is 0 Å². The quantitative estimate of drug-likeness (QED) is 0.872. The minimum Gasteiger partial charge on any atom is -0.390 e. The lowest BCUT2D eigenvalue weighted by atomic mass is 9.84. The molecule has 0 bridgehead atoms. The molecule has 0 saturated heterocycles. The number of hydrogen-bond acceptors (Lipinski definition) is 4. The predicted octanol–water partition coefficient (Wildman–Crippen LogP) is 1.82. The zero-order valence-corrected chi connectivity index (χ0v) is 13.0. The van der Waals surface area contributed by atoms with Crippen molar-refractivity contribution in [2.75, 3.05) is 0 Å². The van der Waals surface area contributed by atoms with Crippen molar-refractivity contribution in [3.8, 4) is 0 Å². The molecule has 0 spiro atoms. The Labute approximate surface area is 121 Å². The molecule has 1 saturated carbocycles. The zero-order chi connectivity index (χ0) is 14.1. The smallest absolute Gasteiger partial charge is 0.242 e. The van der Waals surface area contributed by atoms with Crippen LogP contribution >= 0.6 is 15.9 Å². The van der Waals surface area contributed by atoms with Crippen LogP contribution in [0.3, 0.4) is 0 Å². The number of aromatic nitrogens is 1. The van der Waals surface area contributed by atoms with Gasteiger partial charge in [-0.05, 0) is 54.6 Å². The van der Waals surface area contributed by atoms with E-state index in [4.69, 9.17) is 0 Å². The van der Waals surface area contributed by atoms with E-state index >= 15 is 0 Å². The average Bonchev–Trinajstić information content (AvgIpc) is 2.32. The standard InChI is InChI=1S/C12H17BrN2O3S/c1-12(16)4-2-10(3-5-12)15-19(17,18)11-6-9(13)7-14-8-11/h6-8,10,15-16H,2-5H2,1H3. The SMILES string of the molecule is CC1(O)CCC(NS(=O)(=O)c2cncc(Br)c2)CC1. The number of hydrogen-bond donors (Lipinski definition) is 2. The van der Waals surface area contributed by atoms with E-state index in [2.05, 4.69) is 25.6 Å². The second-order valence-corrected chi connectivity index (χ2v) is 7.86. The Morgan fingerprint density at radius 1 is 1.42 bits per heavy atom. The third-order valence-corrected chi connectivity index (χ3v) is 5.30. The van der Waals surface area contributed by atoms with Crippen LogP contribution in [-0.4, -0.2) is 30.2 Å². The van der Waals surface area contributed by atoms with Crippen molar-refractivity contribution >= 4 is 26.0 Å². The summed E-state index contributed by atoms with van der Waals surface area (Å²) in [6, 6.07) is 1.40. The third-order valence-electron chi connectivity index (χ3n) is 3.37. The predicted molar refractivity (Wildman–Crippen MR) is 75.1 cm³/mol. The molecule has 5 nitrogen and oxygen atoms in total. The molecule has 0 unspecified atom stereocenters. The Balaban J connectivity index is 2.06. The number of pyridine rings is 1. The van der Waals surface area contributed by atoms with Gasteiger partial charge in [0.05, 0.1) is 5.60 Å². The van der Waals surface area contributed by atoms with Crippen LogP contribution in [0.4, 0.5) is 0 Å². The van der Waals surface area contributed by atoms with Crippen molar-refractivity contribution in [1.82, 2.24) is 9.71 Å². The van der Waals surface area contributed by atoms with Crippen LogP contribution in [0.25, 0.3) is 0 Å². The van der Waals surface area contributed by atoms with Gasteiger partial charge in [0.1, 0.15) is 4.90 Å². The fourth-order valence-electron chi connectivity index (χ4n) is 2.18. The van der Waals surface area contributed by atoms with E-state index in [1.54, 1.807) is 6.92 Å². The van der Waals surface area contributed by atoms with Crippen LogP contribution in [0.1, 0.15) is 32.6 Å². The van der Waals surface area contributed by atoms with Gasteiger partial charge >= 0.3 is 0 Å². The van der Waals surface area contributed by atoms with Gasteiger partial charge in [-0.2, -0.15) is 0 Å². The van der Waals surface area contributed by atoms with Gasteiger partial charge in [0.2, 0.25) is 10.0 Å². The van der Waals surface area contributed by atoms with Gasteiger partial charge in [0.25, 0.3) is 0 Å². The van der Waals surface area contributed by atoms with Gasteiger partial charge in [-0.25, -0.2) is 13.1 Å². The first-order valence-electron chi connectivity index (χ1n) is 6.14. The van der Waals surface area contributed by atoms with Crippen LogP contribution in [0.5, 0.6) is 0 Å². The van der Waals surface area contributed by atoms with Gasteiger partial charge in [-0.1, -0.05) is 0 Å². The molecule has 0 amide bonds. The van der Waals surface area contributed by atoms with Crippen molar-refractivity contribution in [2.45, 2.75) is 49.1 Å².